The van der Waals surface area contributed by atoms with E-state index in [0.717, 1.165) is 19.4 Å². The lowest BCUT2D eigenvalue weighted by Crippen LogP contribution is -2.44. The minimum absolute atomic E-state index is 0.0234. The molecule has 0 N–H and O–H groups in total. The molecular weight excluding hydrogens is 249 g/mol. The van der Waals surface area contributed by atoms with Gasteiger partial charge in [-0.25, -0.2) is 4.39 Å². The average molecular weight is 267 g/mol. The van der Waals surface area contributed by atoms with Gasteiger partial charge < -0.3 is 4.90 Å². The highest BCUT2D eigenvalue weighted by Crippen LogP contribution is 2.24. The number of likely N-dealkylation sites (tertiary alicyclic amines) is 1. The number of thiol groups is 1. The highest BCUT2D eigenvalue weighted by Gasteiger charge is 2.27. The lowest BCUT2D eigenvalue weighted by Gasteiger charge is -2.36. The van der Waals surface area contributed by atoms with Crippen molar-refractivity contribution >= 4 is 18.5 Å². The van der Waals surface area contributed by atoms with Gasteiger partial charge >= 0.3 is 0 Å². The standard InChI is InChI=1S/C14H18FNOS/c1-9-5-6-16(10(2)7-9)14(17)11-3-4-12(15)13(18)8-11/h3-4,8-10,18H,5-7H2,1-2H3. The first-order valence-electron chi connectivity index (χ1n) is 6.28. The molecule has 2 nitrogen and oxygen atoms in total. The zero-order chi connectivity index (χ0) is 13.3. The van der Waals surface area contributed by atoms with Crippen LogP contribution in [0.5, 0.6) is 0 Å². The molecule has 0 saturated carbocycles. The lowest BCUT2D eigenvalue weighted by atomic mass is 9.93. The second-order valence-electron chi connectivity index (χ2n) is 5.14. The Kier molecular flexibility index (Phi) is 3.95. The molecule has 1 saturated heterocycles. The maximum absolute atomic E-state index is 13.1. The molecule has 2 atom stereocenters. The first kappa shape index (κ1) is 13.4. The van der Waals surface area contributed by atoms with Crippen LogP contribution in [0.2, 0.25) is 0 Å². The van der Waals surface area contributed by atoms with Gasteiger partial charge in [0, 0.05) is 23.0 Å². The SMILES string of the molecule is CC1CCN(C(=O)c2ccc(F)c(S)c2)C(C)C1. The van der Waals surface area contributed by atoms with Crippen molar-refractivity contribution in [1.29, 1.82) is 0 Å². The van der Waals surface area contributed by atoms with Crippen LogP contribution in [0.4, 0.5) is 4.39 Å². The van der Waals surface area contributed by atoms with Crippen LogP contribution in [0.3, 0.4) is 0 Å². The summed E-state index contributed by atoms with van der Waals surface area (Å²) in [5.74, 6) is 0.248. The number of rotatable bonds is 1. The van der Waals surface area contributed by atoms with Crippen LogP contribution < -0.4 is 0 Å². The van der Waals surface area contributed by atoms with Crippen molar-refractivity contribution < 1.29 is 9.18 Å². The third-order valence-corrected chi connectivity index (χ3v) is 3.94. The van der Waals surface area contributed by atoms with Crippen LogP contribution in [0, 0.1) is 11.7 Å². The minimum atomic E-state index is -0.393. The van der Waals surface area contributed by atoms with Gasteiger partial charge in [-0.05, 0) is 43.9 Å². The van der Waals surface area contributed by atoms with Crippen molar-refractivity contribution in [3.63, 3.8) is 0 Å². The Morgan fingerprint density at radius 1 is 1.44 bits per heavy atom. The number of benzene rings is 1. The van der Waals surface area contributed by atoms with E-state index in [0.29, 0.717) is 11.5 Å². The van der Waals surface area contributed by atoms with Gasteiger partial charge in [0.2, 0.25) is 0 Å². The Labute approximate surface area is 113 Å². The molecule has 1 heterocycles. The summed E-state index contributed by atoms with van der Waals surface area (Å²) in [5, 5.41) is 0. The van der Waals surface area contributed by atoms with Crippen molar-refractivity contribution in [2.75, 3.05) is 6.54 Å². The molecule has 1 aromatic rings. The number of halogens is 1. The highest BCUT2D eigenvalue weighted by atomic mass is 32.1. The predicted octanol–water partition coefficient (Wildman–Crippen LogP) is 3.38. The summed E-state index contributed by atoms with van der Waals surface area (Å²) in [6, 6.07) is 4.58. The average Bonchev–Trinajstić information content (AvgIpc) is 2.32. The van der Waals surface area contributed by atoms with E-state index in [9.17, 15) is 9.18 Å². The van der Waals surface area contributed by atoms with Crippen molar-refractivity contribution in [3.05, 3.63) is 29.6 Å². The molecule has 1 aliphatic rings. The second kappa shape index (κ2) is 5.31. The molecule has 1 fully saturated rings. The monoisotopic (exact) mass is 267 g/mol. The fourth-order valence-electron chi connectivity index (χ4n) is 2.52. The molecule has 4 heteroatoms. The van der Waals surface area contributed by atoms with Crippen molar-refractivity contribution in [1.82, 2.24) is 4.90 Å². The minimum Gasteiger partial charge on any atom is -0.336 e. The van der Waals surface area contributed by atoms with Gasteiger partial charge in [0.05, 0.1) is 0 Å². The smallest absolute Gasteiger partial charge is 0.254 e. The fraction of sp³-hybridized carbons (Fsp3) is 0.500. The summed E-state index contributed by atoms with van der Waals surface area (Å²) >= 11 is 4.02. The first-order chi connectivity index (χ1) is 8.49. The molecule has 2 rings (SSSR count). The molecule has 0 aromatic heterocycles. The Balaban J connectivity index is 2.18. The molecule has 2 unspecified atom stereocenters. The zero-order valence-electron chi connectivity index (χ0n) is 10.7. The quantitative estimate of drug-likeness (QED) is 0.773. The van der Waals surface area contributed by atoms with Gasteiger partial charge in [0.15, 0.2) is 0 Å². The van der Waals surface area contributed by atoms with E-state index in [-0.39, 0.29) is 16.8 Å². The van der Waals surface area contributed by atoms with Crippen LogP contribution in [0.25, 0.3) is 0 Å². The molecule has 1 aromatic carbocycles. The van der Waals surface area contributed by atoms with Crippen LogP contribution in [-0.2, 0) is 0 Å². The van der Waals surface area contributed by atoms with E-state index in [1.54, 1.807) is 0 Å². The van der Waals surface area contributed by atoms with E-state index < -0.39 is 5.82 Å². The molecule has 98 valence electrons. The summed E-state index contributed by atoms with van der Waals surface area (Å²) < 4.78 is 13.1. The maximum atomic E-state index is 13.1. The Bertz CT molecular complexity index is 463. The summed E-state index contributed by atoms with van der Waals surface area (Å²) in [6.07, 6.45) is 2.06. The van der Waals surface area contributed by atoms with E-state index >= 15 is 0 Å². The van der Waals surface area contributed by atoms with E-state index in [1.165, 1.54) is 18.2 Å². The number of amides is 1. The Morgan fingerprint density at radius 2 is 2.17 bits per heavy atom. The Hall–Kier alpha value is -1.03. The normalized spacial score (nSPS) is 24.1. The molecule has 0 bridgehead atoms. The van der Waals surface area contributed by atoms with Gasteiger partial charge in [-0.2, -0.15) is 0 Å². The third-order valence-electron chi connectivity index (χ3n) is 3.59. The zero-order valence-corrected chi connectivity index (χ0v) is 11.6. The third kappa shape index (κ3) is 2.69. The number of hydrogen-bond acceptors (Lipinski definition) is 2. The molecular formula is C14H18FNOS. The number of hydrogen-bond donors (Lipinski definition) is 1. The fourth-order valence-corrected chi connectivity index (χ4v) is 2.73. The molecule has 0 spiro atoms. The van der Waals surface area contributed by atoms with E-state index in [2.05, 4.69) is 26.5 Å². The summed E-state index contributed by atoms with van der Waals surface area (Å²) in [4.78, 5) is 14.4. The predicted molar refractivity (Wildman–Crippen MR) is 72.5 cm³/mol. The van der Waals surface area contributed by atoms with Crippen molar-refractivity contribution in [2.24, 2.45) is 5.92 Å². The van der Waals surface area contributed by atoms with Crippen LogP contribution in [0.1, 0.15) is 37.0 Å². The maximum Gasteiger partial charge on any atom is 0.254 e. The highest BCUT2D eigenvalue weighted by molar-refractivity contribution is 7.80. The van der Waals surface area contributed by atoms with Crippen LogP contribution in [-0.4, -0.2) is 23.4 Å². The summed E-state index contributed by atoms with van der Waals surface area (Å²) in [7, 11) is 0. The van der Waals surface area contributed by atoms with Gasteiger partial charge in [-0.3, -0.25) is 4.79 Å². The van der Waals surface area contributed by atoms with Gasteiger partial charge in [-0.15, -0.1) is 12.6 Å². The van der Waals surface area contributed by atoms with Crippen LogP contribution in [0.15, 0.2) is 23.1 Å². The number of carbonyl (C=O) groups excluding carboxylic acids is 1. The van der Waals surface area contributed by atoms with Gasteiger partial charge in [0.1, 0.15) is 5.82 Å². The number of nitrogens with zero attached hydrogens (tertiary/aromatic N) is 1. The second-order valence-corrected chi connectivity index (χ2v) is 5.63. The molecule has 1 aliphatic heterocycles. The number of carbonyl (C=O) groups is 1. The lowest BCUT2D eigenvalue weighted by molar-refractivity contribution is 0.0588. The van der Waals surface area contributed by atoms with E-state index in [4.69, 9.17) is 0 Å². The largest absolute Gasteiger partial charge is 0.336 e. The van der Waals surface area contributed by atoms with Gasteiger partial charge in [-0.1, -0.05) is 6.92 Å². The van der Waals surface area contributed by atoms with Gasteiger partial charge in [0.25, 0.3) is 5.91 Å². The summed E-state index contributed by atoms with van der Waals surface area (Å²) in [5.41, 5.74) is 0.516. The Morgan fingerprint density at radius 3 is 2.78 bits per heavy atom. The number of piperidine rings is 1. The first-order valence-corrected chi connectivity index (χ1v) is 6.73. The topological polar surface area (TPSA) is 20.3 Å². The van der Waals surface area contributed by atoms with Crippen molar-refractivity contribution in [2.45, 2.75) is 37.6 Å². The molecule has 0 aliphatic carbocycles. The molecule has 18 heavy (non-hydrogen) atoms. The van der Waals surface area contributed by atoms with E-state index in [1.807, 2.05) is 4.90 Å². The van der Waals surface area contributed by atoms with Crippen LogP contribution >= 0.6 is 12.6 Å². The van der Waals surface area contributed by atoms with Crippen molar-refractivity contribution in [3.8, 4) is 0 Å². The molecule has 1 amide bonds. The summed E-state index contributed by atoms with van der Waals surface area (Å²) in [6.45, 7) is 5.06. The molecule has 0 radical (unpaired) electrons.